The number of carbonyl (C=O) groups excluding carboxylic acids is 3. The van der Waals surface area contributed by atoms with Crippen molar-refractivity contribution in [2.75, 3.05) is 36.6 Å². The molecule has 4 aromatic carbocycles. The van der Waals surface area contributed by atoms with Crippen molar-refractivity contribution in [1.29, 1.82) is 0 Å². The van der Waals surface area contributed by atoms with Gasteiger partial charge < -0.3 is 24.5 Å². The van der Waals surface area contributed by atoms with Crippen molar-refractivity contribution in [3.05, 3.63) is 132 Å². The Balaban J connectivity index is 0.000000238. The first-order valence-corrected chi connectivity index (χ1v) is 14.5. The van der Waals surface area contributed by atoms with Gasteiger partial charge in [-0.15, -0.1) is 0 Å². The van der Waals surface area contributed by atoms with Crippen molar-refractivity contribution in [3.63, 3.8) is 0 Å². The van der Waals surface area contributed by atoms with E-state index in [-0.39, 0.29) is 24.8 Å². The summed E-state index contributed by atoms with van der Waals surface area (Å²) in [6.07, 6.45) is 2.17. The summed E-state index contributed by atoms with van der Waals surface area (Å²) < 4.78 is 11.1. The van der Waals surface area contributed by atoms with Gasteiger partial charge in [-0.1, -0.05) is 97.1 Å². The number of hydrogen-bond donors (Lipinski definition) is 1. The number of carbonyl (C=O) groups is 3. The van der Waals surface area contributed by atoms with Crippen LogP contribution in [0.25, 0.3) is 0 Å². The fourth-order valence-corrected chi connectivity index (χ4v) is 4.10. The molecule has 1 N–H and O–H groups in total. The van der Waals surface area contributed by atoms with Gasteiger partial charge in [0, 0.05) is 11.4 Å². The average Bonchev–Trinajstić information content (AvgIpc) is 3.05. The molecule has 0 spiro atoms. The molecule has 7 nitrogen and oxygen atoms in total. The summed E-state index contributed by atoms with van der Waals surface area (Å²) in [5, 5.41) is 2.83. The molecule has 0 aliphatic heterocycles. The van der Waals surface area contributed by atoms with Gasteiger partial charge in [0.2, 0.25) is 5.91 Å². The summed E-state index contributed by atoms with van der Waals surface area (Å²) in [6.45, 7) is 3.30. The first-order chi connectivity index (χ1) is 21.1. The van der Waals surface area contributed by atoms with Crippen LogP contribution in [0.2, 0.25) is 0 Å². The summed E-state index contributed by atoms with van der Waals surface area (Å²) in [6, 6.07) is 38.8. The van der Waals surface area contributed by atoms with Crippen molar-refractivity contribution in [2.45, 2.75) is 32.3 Å². The number of hydrogen-bond acceptors (Lipinski definition) is 5. The molecule has 0 aliphatic rings. The van der Waals surface area contributed by atoms with Gasteiger partial charge in [-0.2, -0.15) is 0 Å². The maximum absolute atomic E-state index is 12.3. The number of ether oxygens (including phenoxy) is 2. The summed E-state index contributed by atoms with van der Waals surface area (Å²) in [5.74, 6) is -0.229. The third-order valence-corrected chi connectivity index (χ3v) is 6.48. The van der Waals surface area contributed by atoms with Crippen LogP contribution in [0, 0.1) is 0 Å². The largest absolute Gasteiger partial charge is 0.381 e. The molecule has 0 heterocycles. The van der Waals surface area contributed by atoms with Gasteiger partial charge in [0.15, 0.2) is 0 Å². The van der Waals surface area contributed by atoms with Crippen LogP contribution in [-0.4, -0.2) is 50.6 Å². The van der Waals surface area contributed by atoms with E-state index < -0.39 is 6.10 Å². The maximum Gasteiger partial charge on any atom is 0.253 e. The van der Waals surface area contributed by atoms with E-state index in [1.165, 1.54) is 16.0 Å². The molecule has 0 saturated carbocycles. The number of nitrogens with one attached hydrogen (secondary N) is 1. The van der Waals surface area contributed by atoms with Crippen molar-refractivity contribution >= 4 is 29.5 Å². The van der Waals surface area contributed by atoms with Gasteiger partial charge in [0.05, 0.1) is 32.8 Å². The first kappa shape index (κ1) is 32.9. The molecule has 224 valence electrons. The van der Waals surface area contributed by atoms with E-state index in [4.69, 9.17) is 9.47 Å². The predicted octanol–water partition coefficient (Wildman–Crippen LogP) is 6.14. The second-order valence-electron chi connectivity index (χ2n) is 9.71. The molecule has 0 aliphatic carbocycles. The maximum atomic E-state index is 12.3. The van der Waals surface area contributed by atoms with E-state index in [0.29, 0.717) is 19.8 Å². The number of anilines is 2. The van der Waals surface area contributed by atoms with E-state index in [2.05, 4.69) is 29.6 Å². The Hall–Kier alpha value is -4.59. The molecule has 4 rings (SSSR count). The van der Waals surface area contributed by atoms with Gasteiger partial charge in [0.25, 0.3) is 5.91 Å². The molecule has 4 aromatic rings. The Kier molecular flexibility index (Phi) is 14.9. The highest BCUT2D eigenvalue weighted by Crippen LogP contribution is 2.14. The van der Waals surface area contributed by atoms with Crippen LogP contribution in [0.5, 0.6) is 0 Å². The molecule has 0 fully saturated rings. The number of amides is 2. The molecule has 1 unspecified atom stereocenters. The SMILES string of the molecule is CC(OCCc1ccccc1)C(=O)Nc1ccccc1.O=CCN(C(=O)CCOCCc1ccccc1)c1ccccc1. The minimum Gasteiger partial charge on any atom is -0.381 e. The predicted molar refractivity (Wildman–Crippen MR) is 171 cm³/mol. The van der Waals surface area contributed by atoms with Gasteiger partial charge >= 0.3 is 0 Å². The molecular weight excluding hydrogens is 540 g/mol. The zero-order valence-corrected chi connectivity index (χ0v) is 24.6. The second-order valence-corrected chi connectivity index (χ2v) is 9.71. The average molecular weight is 581 g/mol. The second kappa shape index (κ2) is 19.5. The molecular formula is C36H40N2O5. The fraction of sp³-hybridized carbons (Fsp3) is 0.250. The minimum absolute atomic E-state index is 0.0624. The number of benzene rings is 4. The van der Waals surface area contributed by atoms with Gasteiger partial charge in [-0.25, -0.2) is 0 Å². The molecule has 0 bridgehead atoms. The number of para-hydroxylation sites is 2. The van der Waals surface area contributed by atoms with E-state index >= 15 is 0 Å². The van der Waals surface area contributed by atoms with Crippen LogP contribution in [0.3, 0.4) is 0 Å². The lowest BCUT2D eigenvalue weighted by Gasteiger charge is -2.20. The van der Waals surface area contributed by atoms with E-state index in [1.807, 2.05) is 97.1 Å². The lowest BCUT2D eigenvalue weighted by molar-refractivity contribution is -0.126. The zero-order chi connectivity index (χ0) is 30.5. The van der Waals surface area contributed by atoms with Crippen LogP contribution in [0.1, 0.15) is 24.5 Å². The highest BCUT2D eigenvalue weighted by Gasteiger charge is 2.15. The molecule has 43 heavy (non-hydrogen) atoms. The van der Waals surface area contributed by atoms with E-state index in [1.54, 1.807) is 6.92 Å². The topological polar surface area (TPSA) is 84.9 Å². The molecule has 2 amide bonds. The normalized spacial score (nSPS) is 11.0. The van der Waals surface area contributed by atoms with Crippen LogP contribution >= 0.6 is 0 Å². The van der Waals surface area contributed by atoms with Crippen molar-refractivity contribution < 1.29 is 23.9 Å². The Morgan fingerprint density at radius 3 is 1.79 bits per heavy atom. The highest BCUT2D eigenvalue weighted by atomic mass is 16.5. The fourth-order valence-electron chi connectivity index (χ4n) is 4.10. The van der Waals surface area contributed by atoms with Crippen molar-refractivity contribution in [2.24, 2.45) is 0 Å². The summed E-state index contributed by atoms with van der Waals surface area (Å²) in [7, 11) is 0. The van der Waals surface area contributed by atoms with Crippen LogP contribution in [-0.2, 0) is 36.7 Å². The summed E-state index contributed by atoms with van der Waals surface area (Å²) >= 11 is 0. The number of aldehydes is 1. The smallest absolute Gasteiger partial charge is 0.253 e. The molecule has 0 saturated heterocycles. The van der Waals surface area contributed by atoms with E-state index in [9.17, 15) is 14.4 Å². The summed E-state index contributed by atoms with van der Waals surface area (Å²) in [4.78, 5) is 36.5. The monoisotopic (exact) mass is 580 g/mol. The van der Waals surface area contributed by atoms with Gasteiger partial charge in [-0.3, -0.25) is 9.59 Å². The van der Waals surface area contributed by atoms with Crippen LogP contribution in [0.4, 0.5) is 11.4 Å². The quantitative estimate of drug-likeness (QED) is 0.135. The summed E-state index contributed by atoms with van der Waals surface area (Å²) in [5.41, 5.74) is 3.94. The molecule has 7 heteroatoms. The van der Waals surface area contributed by atoms with Crippen LogP contribution < -0.4 is 10.2 Å². The van der Waals surface area contributed by atoms with Crippen LogP contribution in [0.15, 0.2) is 121 Å². The Morgan fingerprint density at radius 1 is 0.721 bits per heavy atom. The van der Waals surface area contributed by atoms with Gasteiger partial charge in [0.1, 0.15) is 12.4 Å². The zero-order valence-electron chi connectivity index (χ0n) is 24.6. The lowest BCUT2D eigenvalue weighted by atomic mass is 10.2. The standard InChI is InChI=1S/C19H21NO3.C17H19NO2/c21-14-13-20(18-9-5-2-6-10-18)19(22)12-16-23-15-11-17-7-3-1-4-8-17;1-14(17(19)18-16-10-6-3-7-11-16)20-13-12-15-8-4-2-5-9-15/h1-10,14H,11-13,15-16H2;2-11,14H,12-13H2,1H3,(H,18,19). The number of rotatable bonds is 15. The highest BCUT2D eigenvalue weighted by molar-refractivity contribution is 5.96. The van der Waals surface area contributed by atoms with Crippen molar-refractivity contribution in [3.8, 4) is 0 Å². The van der Waals surface area contributed by atoms with Crippen molar-refractivity contribution in [1.82, 2.24) is 0 Å². The third-order valence-electron chi connectivity index (χ3n) is 6.48. The Labute approximate surface area is 254 Å². The Bertz CT molecular complexity index is 1340. The molecule has 0 aromatic heterocycles. The minimum atomic E-state index is -0.459. The molecule has 0 radical (unpaired) electrons. The first-order valence-electron chi connectivity index (χ1n) is 14.5. The molecule has 1 atom stereocenters. The Morgan fingerprint density at radius 2 is 1.23 bits per heavy atom. The van der Waals surface area contributed by atoms with E-state index in [0.717, 1.165) is 30.5 Å². The third kappa shape index (κ3) is 12.9. The van der Waals surface area contributed by atoms with Gasteiger partial charge in [-0.05, 0) is 55.2 Å². The lowest BCUT2D eigenvalue weighted by Crippen LogP contribution is -2.33. The number of nitrogens with zero attached hydrogens (tertiary/aromatic N) is 1.